The number of rotatable bonds is 2. The van der Waals surface area contributed by atoms with E-state index < -0.39 is 11.2 Å². The first-order valence-electron chi connectivity index (χ1n) is 6.07. The van der Waals surface area contributed by atoms with Gasteiger partial charge in [0.05, 0.1) is 12.1 Å². The molecule has 0 spiro atoms. The van der Waals surface area contributed by atoms with Crippen LogP contribution in [-0.4, -0.2) is 40.4 Å². The Morgan fingerprint density at radius 2 is 2.24 bits per heavy atom. The molecule has 0 saturated carbocycles. The molecule has 0 bridgehead atoms. The standard InChI is InChI=1S/C13H23NO3/c1-5-7-13(16)8-6-9-14(10-13)11(15)17-12(2,3)4/h5,16H,1,6-10H2,2-4H3/t13-/m0/s1. The van der Waals surface area contributed by atoms with Crippen LogP contribution in [0.5, 0.6) is 0 Å². The molecule has 17 heavy (non-hydrogen) atoms. The fourth-order valence-corrected chi connectivity index (χ4v) is 2.03. The largest absolute Gasteiger partial charge is 0.444 e. The molecule has 1 aliphatic rings. The Kier molecular flexibility index (Phi) is 4.20. The van der Waals surface area contributed by atoms with E-state index in [1.165, 1.54) is 0 Å². The van der Waals surface area contributed by atoms with E-state index in [1.807, 2.05) is 20.8 Å². The van der Waals surface area contributed by atoms with Crippen LogP contribution in [0.4, 0.5) is 4.79 Å². The van der Waals surface area contributed by atoms with Crippen LogP contribution in [-0.2, 0) is 4.74 Å². The van der Waals surface area contributed by atoms with Crippen molar-refractivity contribution >= 4 is 6.09 Å². The highest BCUT2D eigenvalue weighted by molar-refractivity contribution is 5.68. The van der Waals surface area contributed by atoms with E-state index in [1.54, 1.807) is 11.0 Å². The quantitative estimate of drug-likeness (QED) is 0.755. The van der Waals surface area contributed by atoms with Gasteiger partial charge in [0.2, 0.25) is 0 Å². The zero-order valence-corrected chi connectivity index (χ0v) is 11.0. The first kappa shape index (κ1) is 14.0. The van der Waals surface area contributed by atoms with Gasteiger partial charge < -0.3 is 14.7 Å². The van der Waals surface area contributed by atoms with E-state index in [4.69, 9.17) is 4.74 Å². The van der Waals surface area contributed by atoms with Crippen molar-refractivity contribution < 1.29 is 14.6 Å². The number of carbonyl (C=O) groups excluding carboxylic acids is 1. The van der Waals surface area contributed by atoms with Crippen molar-refractivity contribution in [1.29, 1.82) is 0 Å². The van der Waals surface area contributed by atoms with Gasteiger partial charge in [0.1, 0.15) is 5.60 Å². The summed E-state index contributed by atoms with van der Waals surface area (Å²) >= 11 is 0. The fraction of sp³-hybridized carbons (Fsp3) is 0.769. The molecule has 1 saturated heterocycles. The lowest BCUT2D eigenvalue weighted by molar-refractivity contribution is -0.0410. The molecule has 0 aromatic carbocycles. The summed E-state index contributed by atoms with van der Waals surface area (Å²) in [4.78, 5) is 13.5. The lowest BCUT2D eigenvalue weighted by atomic mass is 9.90. The number of amides is 1. The van der Waals surface area contributed by atoms with Crippen molar-refractivity contribution in [2.75, 3.05) is 13.1 Å². The van der Waals surface area contributed by atoms with Crippen LogP contribution in [0.25, 0.3) is 0 Å². The molecule has 4 heteroatoms. The third-order valence-electron chi connectivity index (χ3n) is 2.73. The summed E-state index contributed by atoms with van der Waals surface area (Å²) in [5.41, 5.74) is -1.33. The van der Waals surface area contributed by atoms with Gasteiger partial charge in [-0.15, -0.1) is 6.58 Å². The number of aliphatic hydroxyl groups is 1. The summed E-state index contributed by atoms with van der Waals surface area (Å²) in [6.07, 6.45) is 3.35. The minimum absolute atomic E-state index is 0.327. The van der Waals surface area contributed by atoms with Crippen LogP contribution in [0.2, 0.25) is 0 Å². The van der Waals surface area contributed by atoms with E-state index in [2.05, 4.69) is 6.58 Å². The molecule has 1 fully saturated rings. The monoisotopic (exact) mass is 241 g/mol. The Bertz CT molecular complexity index is 296. The van der Waals surface area contributed by atoms with Crippen LogP contribution < -0.4 is 0 Å². The Labute approximate surface area is 103 Å². The van der Waals surface area contributed by atoms with E-state index in [0.29, 0.717) is 25.9 Å². The number of ether oxygens (including phenoxy) is 1. The van der Waals surface area contributed by atoms with Crippen LogP contribution >= 0.6 is 0 Å². The van der Waals surface area contributed by atoms with Gasteiger partial charge >= 0.3 is 6.09 Å². The van der Waals surface area contributed by atoms with Gasteiger partial charge in [-0.1, -0.05) is 6.08 Å². The Morgan fingerprint density at radius 3 is 2.76 bits per heavy atom. The second-order valence-electron chi connectivity index (χ2n) is 5.72. The summed E-state index contributed by atoms with van der Waals surface area (Å²) in [5.74, 6) is 0. The van der Waals surface area contributed by atoms with E-state index >= 15 is 0 Å². The van der Waals surface area contributed by atoms with Crippen molar-refractivity contribution in [2.45, 2.75) is 51.2 Å². The minimum Gasteiger partial charge on any atom is -0.444 e. The molecular formula is C13H23NO3. The zero-order chi connectivity index (χ0) is 13.1. The summed E-state index contributed by atoms with van der Waals surface area (Å²) < 4.78 is 5.30. The highest BCUT2D eigenvalue weighted by Gasteiger charge is 2.35. The molecule has 0 unspecified atom stereocenters. The first-order chi connectivity index (χ1) is 7.76. The van der Waals surface area contributed by atoms with E-state index in [-0.39, 0.29) is 6.09 Å². The molecule has 4 nitrogen and oxygen atoms in total. The van der Waals surface area contributed by atoms with Crippen LogP contribution in [0.15, 0.2) is 12.7 Å². The summed E-state index contributed by atoms with van der Waals surface area (Å²) in [6, 6.07) is 0. The summed E-state index contributed by atoms with van der Waals surface area (Å²) in [7, 11) is 0. The zero-order valence-electron chi connectivity index (χ0n) is 11.0. The third kappa shape index (κ3) is 4.38. The molecule has 1 rings (SSSR count). The molecule has 1 atom stereocenters. The number of likely N-dealkylation sites (tertiary alicyclic amines) is 1. The van der Waals surface area contributed by atoms with Gasteiger partial charge in [-0.3, -0.25) is 0 Å². The van der Waals surface area contributed by atoms with Crippen molar-refractivity contribution in [3.8, 4) is 0 Å². The van der Waals surface area contributed by atoms with Gasteiger partial charge in [0, 0.05) is 6.54 Å². The second kappa shape index (κ2) is 5.08. The number of β-amino-alcohol motifs (C(OH)–C–C–N with tert-alkyl or cyclic N) is 1. The highest BCUT2D eigenvalue weighted by atomic mass is 16.6. The average Bonchev–Trinajstić information content (AvgIpc) is 2.14. The maximum Gasteiger partial charge on any atom is 0.410 e. The molecule has 1 aliphatic heterocycles. The Balaban J connectivity index is 2.60. The second-order valence-corrected chi connectivity index (χ2v) is 5.72. The van der Waals surface area contributed by atoms with Gasteiger partial charge in [0.15, 0.2) is 0 Å². The van der Waals surface area contributed by atoms with E-state index in [9.17, 15) is 9.90 Å². The third-order valence-corrected chi connectivity index (χ3v) is 2.73. The van der Waals surface area contributed by atoms with Crippen LogP contribution in [0.1, 0.15) is 40.0 Å². The van der Waals surface area contributed by atoms with Crippen LogP contribution in [0.3, 0.4) is 0 Å². The molecule has 1 N–H and O–H groups in total. The number of carbonyl (C=O) groups is 1. The Hall–Kier alpha value is -1.03. The molecule has 0 radical (unpaired) electrons. The lowest BCUT2D eigenvalue weighted by Gasteiger charge is -2.39. The smallest absolute Gasteiger partial charge is 0.410 e. The SMILES string of the molecule is C=CC[C@]1(O)CCCN(C(=O)OC(C)(C)C)C1. The number of hydrogen-bond acceptors (Lipinski definition) is 3. The van der Waals surface area contributed by atoms with Crippen molar-refractivity contribution in [3.05, 3.63) is 12.7 Å². The first-order valence-corrected chi connectivity index (χ1v) is 6.07. The normalized spacial score (nSPS) is 25.5. The molecule has 98 valence electrons. The summed E-state index contributed by atoms with van der Waals surface area (Å²) in [5, 5.41) is 10.3. The van der Waals surface area contributed by atoms with Crippen molar-refractivity contribution in [1.82, 2.24) is 4.90 Å². The van der Waals surface area contributed by atoms with Gasteiger partial charge in [-0.2, -0.15) is 0 Å². The van der Waals surface area contributed by atoms with E-state index in [0.717, 1.165) is 6.42 Å². The summed E-state index contributed by atoms with van der Waals surface area (Å²) in [6.45, 7) is 10.1. The molecular weight excluding hydrogens is 218 g/mol. The van der Waals surface area contributed by atoms with Crippen molar-refractivity contribution in [3.63, 3.8) is 0 Å². The minimum atomic E-state index is -0.836. The molecule has 0 aliphatic carbocycles. The number of piperidine rings is 1. The fourth-order valence-electron chi connectivity index (χ4n) is 2.03. The molecule has 1 heterocycles. The lowest BCUT2D eigenvalue weighted by Crippen LogP contribution is -2.51. The highest BCUT2D eigenvalue weighted by Crippen LogP contribution is 2.25. The average molecular weight is 241 g/mol. The predicted molar refractivity (Wildman–Crippen MR) is 66.8 cm³/mol. The molecule has 0 aromatic heterocycles. The van der Waals surface area contributed by atoms with Crippen molar-refractivity contribution in [2.24, 2.45) is 0 Å². The maximum atomic E-state index is 11.9. The van der Waals surface area contributed by atoms with Gasteiger partial charge in [-0.05, 0) is 40.0 Å². The maximum absolute atomic E-state index is 11.9. The van der Waals surface area contributed by atoms with Gasteiger partial charge in [0.25, 0.3) is 0 Å². The Morgan fingerprint density at radius 1 is 1.59 bits per heavy atom. The van der Waals surface area contributed by atoms with Gasteiger partial charge in [-0.25, -0.2) is 4.79 Å². The predicted octanol–water partition coefficient (Wildman–Crippen LogP) is 2.32. The number of nitrogens with zero attached hydrogens (tertiary/aromatic N) is 1. The topological polar surface area (TPSA) is 49.8 Å². The number of hydrogen-bond donors (Lipinski definition) is 1. The van der Waals surface area contributed by atoms with Crippen LogP contribution in [0, 0.1) is 0 Å². The molecule has 1 amide bonds. The molecule has 0 aromatic rings.